The zero-order valence-corrected chi connectivity index (χ0v) is 19.5. The number of rotatable bonds is 5. The molecule has 164 valence electrons. The summed E-state index contributed by atoms with van der Waals surface area (Å²) in [6.45, 7) is 6.29. The first-order valence-electron chi connectivity index (χ1n) is 9.91. The molecule has 3 N–H and O–H groups in total. The molecule has 2 amide bonds. The van der Waals surface area contributed by atoms with Gasteiger partial charge in [-0.3, -0.25) is 9.59 Å². The number of hydrogen-bond acceptors (Lipinski definition) is 3. The van der Waals surface area contributed by atoms with Gasteiger partial charge in [0.2, 0.25) is 0 Å². The minimum Gasteiger partial charge on any atom is -0.478 e. The molecule has 0 bridgehead atoms. The van der Waals surface area contributed by atoms with Crippen molar-refractivity contribution in [2.24, 2.45) is 0 Å². The van der Waals surface area contributed by atoms with E-state index in [9.17, 15) is 14.4 Å². The molecule has 7 heteroatoms. The summed E-state index contributed by atoms with van der Waals surface area (Å²) in [6.07, 6.45) is 0. The lowest BCUT2D eigenvalue weighted by molar-refractivity contribution is 0.0696. The molecular formula is C25H23BrN2O4. The molecule has 0 aliphatic carbocycles. The van der Waals surface area contributed by atoms with Crippen LogP contribution in [-0.2, 0) is 5.41 Å². The van der Waals surface area contributed by atoms with Gasteiger partial charge in [-0.25, -0.2) is 4.79 Å². The molecule has 0 saturated carbocycles. The van der Waals surface area contributed by atoms with Crippen molar-refractivity contribution in [1.82, 2.24) is 0 Å². The van der Waals surface area contributed by atoms with E-state index in [0.717, 1.165) is 5.56 Å². The third-order valence-corrected chi connectivity index (χ3v) is 5.35. The van der Waals surface area contributed by atoms with E-state index >= 15 is 0 Å². The van der Waals surface area contributed by atoms with Crippen LogP contribution in [0.2, 0.25) is 0 Å². The standard InChI is InChI=1S/C25H23BrN2O4/c1-25(2,3)17-9-7-15(8-10-17)22(29)28-21-14-18(26)11-12-20(21)23(30)27-19-6-4-5-16(13-19)24(31)32/h4-14H,1-3H3,(H,27,30)(H,28,29)(H,31,32). The summed E-state index contributed by atoms with van der Waals surface area (Å²) in [5.41, 5.74) is 2.53. The summed E-state index contributed by atoms with van der Waals surface area (Å²) in [5.74, 6) is -1.90. The molecule has 0 fully saturated rings. The van der Waals surface area contributed by atoms with E-state index in [-0.39, 0.29) is 22.4 Å². The molecule has 0 atom stereocenters. The second-order valence-corrected chi connectivity index (χ2v) is 9.23. The maximum Gasteiger partial charge on any atom is 0.335 e. The van der Waals surface area contributed by atoms with Crippen LogP contribution in [-0.4, -0.2) is 22.9 Å². The lowest BCUT2D eigenvalue weighted by Crippen LogP contribution is -2.19. The molecule has 0 saturated heterocycles. The fourth-order valence-corrected chi connectivity index (χ4v) is 3.42. The maximum atomic E-state index is 12.9. The third-order valence-electron chi connectivity index (χ3n) is 4.85. The van der Waals surface area contributed by atoms with Crippen LogP contribution >= 0.6 is 15.9 Å². The Morgan fingerprint density at radius 1 is 0.812 bits per heavy atom. The number of carbonyl (C=O) groups excluding carboxylic acids is 2. The first-order chi connectivity index (χ1) is 15.0. The van der Waals surface area contributed by atoms with Gasteiger partial charge < -0.3 is 15.7 Å². The van der Waals surface area contributed by atoms with Gasteiger partial charge in [0.25, 0.3) is 11.8 Å². The molecule has 0 spiro atoms. The molecule has 0 aliphatic heterocycles. The van der Waals surface area contributed by atoms with E-state index in [4.69, 9.17) is 5.11 Å². The van der Waals surface area contributed by atoms with Gasteiger partial charge in [0.1, 0.15) is 0 Å². The zero-order chi connectivity index (χ0) is 23.5. The molecule has 6 nitrogen and oxygen atoms in total. The Labute approximate surface area is 194 Å². The number of carboxylic acids is 1. The van der Waals surface area contributed by atoms with Crippen molar-refractivity contribution in [3.8, 4) is 0 Å². The van der Waals surface area contributed by atoms with Crippen molar-refractivity contribution in [3.05, 3.63) is 93.5 Å². The van der Waals surface area contributed by atoms with Crippen molar-refractivity contribution in [3.63, 3.8) is 0 Å². The van der Waals surface area contributed by atoms with Crippen LogP contribution in [0.25, 0.3) is 0 Å². The average molecular weight is 495 g/mol. The summed E-state index contributed by atoms with van der Waals surface area (Å²) >= 11 is 3.37. The molecule has 0 heterocycles. The highest BCUT2D eigenvalue weighted by atomic mass is 79.9. The summed E-state index contributed by atoms with van der Waals surface area (Å²) in [4.78, 5) is 36.9. The van der Waals surface area contributed by atoms with Crippen molar-refractivity contribution in [1.29, 1.82) is 0 Å². The minimum absolute atomic E-state index is 0.0253. The lowest BCUT2D eigenvalue weighted by atomic mass is 9.86. The van der Waals surface area contributed by atoms with Crippen molar-refractivity contribution in [2.45, 2.75) is 26.2 Å². The van der Waals surface area contributed by atoms with Crippen LogP contribution < -0.4 is 10.6 Å². The SMILES string of the molecule is CC(C)(C)c1ccc(C(=O)Nc2cc(Br)ccc2C(=O)Nc2cccc(C(=O)O)c2)cc1. The van der Waals surface area contributed by atoms with Crippen molar-refractivity contribution >= 4 is 45.1 Å². The Hall–Kier alpha value is -3.45. The lowest BCUT2D eigenvalue weighted by Gasteiger charge is -2.19. The summed E-state index contributed by atoms with van der Waals surface area (Å²) in [6, 6.07) is 18.2. The number of nitrogens with one attached hydrogen (secondary N) is 2. The van der Waals surface area contributed by atoms with E-state index in [1.165, 1.54) is 12.1 Å². The molecule has 32 heavy (non-hydrogen) atoms. The molecule has 3 rings (SSSR count). The van der Waals surface area contributed by atoms with Gasteiger partial charge in [-0.05, 0) is 59.5 Å². The van der Waals surface area contributed by atoms with Gasteiger partial charge >= 0.3 is 5.97 Å². The third kappa shape index (κ3) is 5.62. The zero-order valence-electron chi connectivity index (χ0n) is 17.9. The predicted octanol–water partition coefficient (Wildman–Crippen LogP) is 5.95. The van der Waals surface area contributed by atoms with E-state index < -0.39 is 11.9 Å². The topological polar surface area (TPSA) is 95.5 Å². The van der Waals surface area contributed by atoms with Gasteiger partial charge in [-0.15, -0.1) is 0 Å². The highest BCUT2D eigenvalue weighted by molar-refractivity contribution is 9.10. The second-order valence-electron chi connectivity index (χ2n) is 8.31. The van der Waals surface area contributed by atoms with Crippen LogP contribution in [0.3, 0.4) is 0 Å². The summed E-state index contributed by atoms with van der Waals surface area (Å²) in [7, 11) is 0. The Bertz CT molecular complexity index is 1180. The maximum absolute atomic E-state index is 12.9. The van der Waals surface area contributed by atoms with Crippen molar-refractivity contribution in [2.75, 3.05) is 10.6 Å². The fourth-order valence-electron chi connectivity index (χ4n) is 3.06. The molecule has 0 radical (unpaired) electrons. The first kappa shape index (κ1) is 23.2. The smallest absolute Gasteiger partial charge is 0.335 e. The number of carbonyl (C=O) groups is 3. The second kappa shape index (κ2) is 9.36. The highest BCUT2D eigenvalue weighted by Crippen LogP contribution is 2.25. The Morgan fingerprint density at radius 2 is 1.50 bits per heavy atom. The Kier molecular flexibility index (Phi) is 6.79. The average Bonchev–Trinajstić information content (AvgIpc) is 2.73. The van der Waals surface area contributed by atoms with E-state index in [1.807, 2.05) is 12.1 Å². The summed E-state index contributed by atoms with van der Waals surface area (Å²) in [5, 5.41) is 14.6. The number of hydrogen-bond donors (Lipinski definition) is 3. The number of anilines is 2. The molecule has 0 aromatic heterocycles. The summed E-state index contributed by atoms with van der Waals surface area (Å²) < 4.78 is 0.695. The first-order valence-corrected chi connectivity index (χ1v) is 10.7. The van der Waals surface area contributed by atoms with Crippen LogP contribution in [0.1, 0.15) is 57.4 Å². The van der Waals surface area contributed by atoms with Gasteiger partial charge in [-0.1, -0.05) is 54.9 Å². The number of carboxylic acid groups (broad SMARTS) is 1. The largest absolute Gasteiger partial charge is 0.478 e. The number of benzene rings is 3. The molecule has 0 unspecified atom stereocenters. The minimum atomic E-state index is -1.09. The fraction of sp³-hybridized carbons (Fsp3) is 0.160. The van der Waals surface area contributed by atoms with Crippen LogP contribution in [0.5, 0.6) is 0 Å². The highest BCUT2D eigenvalue weighted by Gasteiger charge is 2.17. The Balaban J connectivity index is 1.83. The molecule has 3 aromatic carbocycles. The van der Waals surface area contributed by atoms with E-state index in [2.05, 4.69) is 47.3 Å². The van der Waals surface area contributed by atoms with Gasteiger partial charge in [0, 0.05) is 15.7 Å². The van der Waals surface area contributed by atoms with Crippen molar-refractivity contribution < 1.29 is 19.5 Å². The molecule has 3 aromatic rings. The quantitative estimate of drug-likeness (QED) is 0.408. The number of amides is 2. The monoisotopic (exact) mass is 494 g/mol. The molecular weight excluding hydrogens is 472 g/mol. The van der Waals surface area contributed by atoms with E-state index in [0.29, 0.717) is 21.4 Å². The number of halogens is 1. The Morgan fingerprint density at radius 3 is 2.12 bits per heavy atom. The van der Waals surface area contributed by atoms with Crippen LogP contribution in [0.4, 0.5) is 11.4 Å². The number of aromatic carboxylic acids is 1. The predicted molar refractivity (Wildman–Crippen MR) is 129 cm³/mol. The van der Waals surface area contributed by atoms with Crippen LogP contribution in [0, 0.1) is 0 Å². The van der Waals surface area contributed by atoms with Gasteiger partial charge in [-0.2, -0.15) is 0 Å². The normalized spacial score (nSPS) is 11.0. The molecule has 0 aliphatic rings. The van der Waals surface area contributed by atoms with E-state index in [1.54, 1.807) is 42.5 Å². The van der Waals surface area contributed by atoms with Gasteiger partial charge in [0.15, 0.2) is 0 Å². The van der Waals surface area contributed by atoms with Gasteiger partial charge in [0.05, 0.1) is 16.8 Å². The van der Waals surface area contributed by atoms with Crippen LogP contribution in [0.15, 0.2) is 71.2 Å².